The van der Waals surface area contributed by atoms with Gasteiger partial charge in [0.1, 0.15) is 0 Å². The number of primary sulfonamides is 1. The van der Waals surface area contributed by atoms with Crippen LogP contribution in [0.2, 0.25) is 0 Å². The minimum atomic E-state index is -3.67. The number of rotatable bonds is 3. The Balaban J connectivity index is 1.65. The van der Waals surface area contributed by atoms with E-state index in [-0.39, 0.29) is 22.8 Å². The zero-order chi connectivity index (χ0) is 15.7. The molecule has 1 fully saturated rings. The van der Waals surface area contributed by atoms with Crippen LogP contribution in [-0.2, 0) is 27.7 Å². The highest BCUT2D eigenvalue weighted by Crippen LogP contribution is 2.27. The lowest BCUT2D eigenvalue weighted by atomic mass is 9.88. The minimum Gasteiger partial charge on any atom is -0.352 e. The highest BCUT2D eigenvalue weighted by Gasteiger charge is 2.27. The van der Waals surface area contributed by atoms with Crippen LogP contribution < -0.4 is 10.5 Å². The van der Waals surface area contributed by atoms with Crippen molar-refractivity contribution >= 4 is 15.9 Å². The van der Waals surface area contributed by atoms with E-state index in [1.54, 1.807) is 12.1 Å². The van der Waals surface area contributed by atoms with E-state index in [4.69, 9.17) is 5.14 Å². The van der Waals surface area contributed by atoms with Crippen molar-refractivity contribution in [2.24, 2.45) is 11.1 Å². The molecule has 1 saturated carbocycles. The van der Waals surface area contributed by atoms with Crippen molar-refractivity contribution < 1.29 is 13.2 Å². The van der Waals surface area contributed by atoms with Crippen LogP contribution in [0.3, 0.4) is 0 Å². The van der Waals surface area contributed by atoms with Gasteiger partial charge in [0.15, 0.2) is 0 Å². The Hall–Kier alpha value is -1.40. The van der Waals surface area contributed by atoms with E-state index >= 15 is 0 Å². The number of amides is 1. The fourth-order valence-electron chi connectivity index (χ4n) is 3.56. The molecule has 0 aromatic heterocycles. The van der Waals surface area contributed by atoms with Crippen LogP contribution in [0.1, 0.15) is 43.2 Å². The molecule has 0 spiro atoms. The minimum absolute atomic E-state index is 0.0696. The number of nitrogens with two attached hydrogens (primary N) is 1. The molecule has 1 amide bonds. The maximum atomic E-state index is 12.3. The number of carbonyl (C=O) groups excluding carboxylic acids is 1. The second kappa shape index (κ2) is 6.01. The second-order valence-corrected chi connectivity index (χ2v) is 7.99. The molecule has 0 heterocycles. The molecule has 2 aliphatic carbocycles. The summed E-state index contributed by atoms with van der Waals surface area (Å²) in [5, 5.41) is 8.30. The van der Waals surface area contributed by atoms with Crippen LogP contribution in [0.15, 0.2) is 23.1 Å². The van der Waals surface area contributed by atoms with Gasteiger partial charge in [-0.15, -0.1) is 0 Å². The molecule has 1 unspecified atom stereocenters. The van der Waals surface area contributed by atoms with Gasteiger partial charge in [-0.25, -0.2) is 13.6 Å². The summed E-state index contributed by atoms with van der Waals surface area (Å²) in [7, 11) is -3.67. The molecular weight excluding hydrogens is 300 g/mol. The third-order valence-electron chi connectivity index (χ3n) is 4.76. The Morgan fingerprint density at radius 2 is 1.77 bits per heavy atom. The number of hydrogen-bond acceptors (Lipinski definition) is 3. The van der Waals surface area contributed by atoms with Crippen molar-refractivity contribution in [3.05, 3.63) is 29.3 Å². The van der Waals surface area contributed by atoms with Gasteiger partial charge in [0.25, 0.3) is 0 Å². The zero-order valence-corrected chi connectivity index (χ0v) is 13.4. The molecule has 0 radical (unpaired) electrons. The molecule has 1 aromatic carbocycles. The van der Waals surface area contributed by atoms with Crippen LogP contribution in [0, 0.1) is 5.92 Å². The Kier molecular flexibility index (Phi) is 4.23. The summed E-state index contributed by atoms with van der Waals surface area (Å²) in [6.07, 6.45) is 6.92. The van der Waals surface area contributed by atoms with Crippen molar-refractivity contribution in [3.8, 4) is 0 Å². The van der Waals surface area contributed by atoms with E-state index in [0.29, 0.717) is 6.42 Å². The fraction of sp³-hybridized carbons (Fsp3) is 0.562. The maximum Gasteiger partial charge on any atom is 0.238 e. The fourth-order valence-corrected chi connectivity index (χ4v) is 4.12. The van der Waals surface area contributed by atoms with Gasteiger partial charge in [0, 0.05) is 12.0 Å². The first-order valence-corrected chi connectivity index (χ1v) is 9.43. The Morgan fingerprint density at radius 3 is 2.45 bits per heavy atom. The van der Waals surface area contributed by atoms with Crippen molar-refractivity contribution in [2.45, 2.75) is 55.9 Å². The predicted octanol–water partition coefficient (Wildman–Crippen LogP) is 1.50. The summed E-state index contributed by atoms with van der Waals surface area (Å²) in [6, 6.07) is 5.05. The summed E-state index contributed by atoms with van der Waals surface area (Å²) < 4.78 is 22.8. The molecule has 5 nitrogen and oxygen atoms in total. The molecule has 1 aromatic rings. The second-order valence-electron chi connectivity index (χ2n) is 6.42. The van der Waals surface area contributed by atoms with E-state index in [2.05, 4.69) is 5.32 Å². The quantitative estimate of drug-likeness (QED) is 0.883. The van der Waals surface area contributed by atoms with Crippen LogP contribution in [-0.4, -0.2) is 20.4 Å². The van der Waals surface area contributed by atoms with Crippen LogP contribution in [0.25, 0.3) is 0 Å². The first-order valence-electron chi connectivity index (χ1n) is 7.88. The summed E-state index contributed by atoms with van der Waals surface area (Å²) in [5.41, 5.74) is 2.07. The number of sulfonamides is 1. The Bertz CT molecular complexity index is 679. The van der Waals surface area contributed by atoms with Crippen molar-refractivity contribution in [2.75, 3.05) is 0 Å². The number of nitrogens with one attached hydrogen (secondary N) is 1. The van der Waals surface area contributed by atoms with Crippen molar-refractivity contribution in [3.63, 3.8) is 0 Å². The summed E-state index contributed by atoms with van der Waals surface area (Å²) >= 11 is 0. The zero-order valence-electron chi connectivity index (χ0n) is 12.5. The van der Waals surface area contributed by atoms with Gasteiger partial charge in [-0.2, -0.15) is 0 Å². The van der Waals surface area contributed by atoms with Gasteiger partial charge in [-0.1, -0.05) is 25.3 Å². The molecule has 2 aliphatic rings. The van der Waals surface area contributed by atoms with E-state index in [1.165, 1.54) is 6.42 Å². The van der Waals surface area contributed by atoms with Crippen molar-refractivity contribution in [1.29, 1.82) is 0 Å². The van der Waals surface area contributed by atoms with Gasteiger partial charge >= 0.3 is 0 Å². The monoisotopic (exact) mass is 322 g/mol. The normalized spacial score (nSPS) is 22.3. The smallest absolute Gasteiger partial charge is 0.238 e. The van der Waals surface area contributed by atoms with Crippen LogP contribution in [0.4, 0.5) is 0 Å². The van der Waals surface area contributed by atoms with Gasteiger partial charge in [0.2, 0.25) is 15.9 Å². The molecule has 120 valence electrons. The molecule has 22 heavy (non-hydrogen) atoms. The van der Waals surface area contributed by atoms with E-state index in [1.807, 2.05) is 6.07 Å². The average molecular weight is 322 g/mol. The number of carbonyl (C=O) groups is 1. The summed E-state index contributed by atoms with van der Waals surface area (Å²) in [5.74, 6) is 0.307. The summed E-state index contributed by atoms with van der Waals surface area (Å²) in [6.45, 7) is 0. The SMILES string of the molecule is NS(=O)(=O)c1ccc2c(c1)CC(NC(=O)C1CCCCC1)C2. The Morgan fingerprint density at radius 1 is 1.09 bits per heavy atom. The van der Waals surface area contributed by atoms with Gasteiger partial charge in [0.05, 0.1) is 4.90 Å². The molecule has 6 heteroatoms. The van der Waals surface area contributed by atoms with Gasteiger partial charge in [-0.05, 0) is 48.9 Å². The number of hydrogen-bond donors (Lipinski definition) is 2. The van der Waals surface area contributed by atoms with E-state index in [0.717, 1.165) is 43.2 Å². The van der Waals surface area contributed by atoms with Crippen LogP contribution in [0.5, 0.6) is 0 Å². The lowest BCUT2D eigenvalue weighted by Gasteiger charge is -2.22. The first kappa shape index (κ1) is 15.5. The van der Waals surface area contributed by atoms with E-state index in [9.17, 15) is 13.2 Å². The molecule has 0 bridgehead atoms. The van der Waals surface area contributed by atoms with Crippen molar-refractivity contribution in [1.82, 2.24) is 5.32 Å². The number of benzene rings is 1. The lowest BCUT2D eigenvalue weighted by Crippen LogP contribution is -2.40. The molecular formula is C16H22N2O3S. The topological polar surface area (TPSA) is 89.3 Å². The molecule has 3 rings (SSSR count). The summed E-state index contributed by atoms with van der Waals surface area (Å²) in [4.78, 5) is 12.4. The molecule has 3 N–H and O–H groups in total. The first-order chi connectivity index (χ1) is 10.4. The number of fused-ring (bicyclic) bond motifs is 1. The van der Waals surface area contributed by atoms with Crippen LogP contribution >= 0.6 is 0 Å². The largest absolute Gasteiger partial charge is 0.352 e. The maximum absolute atomic E-state index is 12.3. The molecule has 1 atom stereocenters. The predicted molar refractivity (Wildman–Crippen MR) is 83.7 cm³/mol. The highest BCUT2D eigenvalue weighted by atomic mass is 32.2. The third kappa shape index (κ3) is 3.33. The molecule has 0 saturated heterocycles. The molecule has 0 aliphatic heterocycles. The van der Waals surface area contributed by atoms with E-state index < -0.39 is 10.0 Å². The average Bonchev–Trinajstić information content (AvgIpc) is 2.88. The Labute approximate surface area is 131 Å². The standard InChI is InChI=1S/C16H22N2O3S/c17-22(20,21)15-7-6-12-8-14(9-13(12)10-15)18-16(19)11-4-2-1-3-5-11/h6-7,10-11,14H,1-5,8-9H2,(H,18,19)(H2,17,20,21). The highest BCUT2D eigenvalue weighted by molar-refractivity contribution is 7.89. The van der Waals surface area contributed by atoms with Gasteiger partial charge in [-0.3, -0.25) is 4.79 Å². The van der Waals surface area contributed by atoms with Gasteiger partial charge < -0.3 is 5.32 Å². The third-order valence-corrected chi connectivity index (χ3v) is 5.67. The lowest BCUT2D eigenvalue weighted by molar-refractivity contribution is -0.126.